The second kappa shape index (κ2) is 4.00. The SMILES string of the molecule is Cc1ccc(-c2ccc(C=O)cn2)nc1. The molecule has 0 aliphatic rings. The van der Waals surface area contributed by atoms with Gasteiger partial charge in [0.25, 0.3) is 0 Å². The summed E-state index contributed by atoms with van der Waals surface area (Å²) >= 11 is 0. The fourth-order valence-corrected chi connectivity index (χ4v) is 1.25. The predicted molar refractivity (Wildman–Crippen MR) is 57.6 cm³/mol. The van der Waals surface area contributed by atoms with E-state index in [4.69, 9.17) is 0 Å². The summed E-state index contributed by atoms with van der Waals surface area (Å²) in [5, 5.41) is 0. The van der Waals surface area contributed by atoms with E-state index in [9.17, 15) is 4.79 Å². The zero-order valence-corrected chi connectivity index (χ0v) is 8.34. The molecule has 0 amide bonds. The topological polar surface area (TPSA) is 42.9 Å². The number of aromatic nitrogens is 2. The van der Waals surface area contributed by atoms with Gasteiger partial charge in [0.05, 0.1) is 11.4 Å². The largest absolute Gasteiger partial charge is 0.298 e. The highest BCUT2D eigenvalue weighted by Gasteiger charge is 1.99. The third kappa shape index (κ3) is 2.07. The van der Waals surface area contributed by atoms with Gasteiger partial charge in [-0.15, -0.1) is 0 Å². The quantitative estimate of drug-likeness (QED) is 0.695. The molecule has 2 aromatic rings. The third-order valence-corrected chi connectivity index (χ3v) is 2.10. The first-order chi connectivity index (χ1) is 7.29. The lowest BCUT2D eigenvalue weighted by Gasteiger charge is -2.00. The van der Waals surface area contributed by atoms with E-state index in [-0.39, 0.29) is 0 Å². The monoisotopic (exact) mass is 198 g/mol. The lowest BCUT2D eigenvalue weighted by molar-refractivity contribution is 0.112. The number of carbonyl (C=O) groups is 1. The molecule has 0 saturated heterocycles. The number of pyridine rings is 2. The van der Waals surface area contributed by atoms with Crippen LogP contribution in [-0.2, 0) is 0 Å². The zero-order valence-electron chi connectivity index (χ0n) is 8.34. The number of hydrogen-bond acceptors (Lipinski definition) is 3. The summed E-state index contributed by atoms with van der Waals surface area (Å²) in [6.45, 7) is 1.99. The maximum atomic E-state index is 10.4. The van der Waals surface area contributed by atoms with Gasteiger partial charge in [0.1, 0.15) is 0 Å². The number of hydrogen-bond donors (Lipinski definition) is 0. The highest BCUT2D eigenvalue weighted by molar-refractivity contribution is 5.74. The number of nitrogens with zero attached hydrogens (tertiary/aromatic N) is 2. The second-order valence-corrected chi connectivity index (χ2v) is 3.32. The Bertz CT molecular complexity index is 460. The van der Waals surface area contributed by atoms with Gasteiger partial charge in [0.2, 0.25) is 0 Å². The molecule has 3 nitrogen and oxygen atoms in total. The Kier molecular flexibility index (Phi) is 2.54. The molecule has 0 bridgehead atoms. The summed E-state index contributed by atoms with van der Waals surface area (Å²) < 4.78 is 0. The van der Waals surface area contributed by atoms with E-state index in [0.717, 1.165) is 23.2 Å². The van der Waals surface area contributed by atoms with Crippen molar-refractivity contribution in [2.24, 2.45) is 0 Å². The van der Waals surface area contributed by atoms with E-state index >= 15 is 0 Å². The normalized spacial score (nSPS) is 9.93. The minimum atomic E-state index is 0.575. The van der Waals surface area contributed by atoms with Gasteiger partial charge in [-0.2, -0.15) is 0 Å². The number of carbonyl (C=O) groups excluding carboxylic acids is 1. The highest BCUT2D eigenvalue weighted by Crippen LogP contribution is 2.13. The lowest BCUT2D eigenvalue weighted by atomic mass is 10.2. The lowest BCUT2D eigenvalue weighted by Crippen LogP contribution is -1.89. The van der Waals surface area contributed by atoms with Crippen LogP contribution in [0.3, 0.4) is 0 Å². The third-order valence-electron chi connectivity index (χ3n) is 2.10. The molecule has 15 heavy (non-hydrogen) atoms. The average Bonchev–Trinajstić information content (AvgIpc) is 2.30. The number of aldehydes is 1. The first-order valence-electron chi connectivity index (χ1n) is 4.64. The minimum Gasteiger partial charge on any atom is -0.298 e. The molecule has 0 aliphatic heterocycles. The predicted octanol–water partition coefficient (Wildman–Crippen LogP) is 2.26. The molecule has 74 valence electrons. The van der Waals surface area contributed by atoms with Crippen molar-refractivity contribution in [1.82, 2.24) is 9.97 Å². The van der Waals surface area contributed by atoms with Gasteiger partial charge in [-0.25, -0.2) is 0 Å². The van der Waals surface area contributed by atoms with Crippen LogP contribution in [0.2, 0.25) is 0 Å². The Morgan fingerprint density at radius 3 is 2.13 bits per heavy atom. The van der Waals surface area contributed by atoms with Crippen LogP contribution >= 0.6 is 0 Å². The van der Waals surface area contributed by atoms with Crippen molar-refractivity contribution in [1.29, 1.82) is 0 Å². The Hall–Kier alpha value is -2.03. The van der Waals surface area contributed by atoms with Gasteiger partial charge in [-0.3, -0.25) is 14.8 Å². The van der Waals surface area contributed by atoms with E-state index < -0.39 is 0 Å². The van der Waals surface area contributed by atoms with Crippen molar-refractivity contribution < 1.29 is 4.79 Å². The van der Waals surface area contributed by atoms with E-state index in [2.05, 4.69) is 9.97 Å². The van der Waals surface area contributed by atoms with Crippen LogP contribution in [0.1, 0.15) is 15.9 Å². The van der Waals surface area contributed by atoms with Crippen molar-refractivity contribution in [2.75, 3.05) is 0 Å². The highest BCUT2D eigenvalue weighted by atomic mass is 16.1. The van der Waals surface area contributed by atoms with Crippen LogP contribution in [0.25, 0.3) is 11.4 Å². The van der Waals surface area contributed by atoms with Crippen molar-refractivity contribution in [2.45, 2.75) is 6.92 Å². The molecule has 0 radical (unpaired) electrons. The molecule has 0 fully saturated rings. The van der Waals surface area contributed by atoms with Crippen molar-refractivity contribution >= 4 is 6.29 Å². The molecular formula is C12H10N2O. The van der Waals surface area contributed by atoms with Crippen molar-refractivity contribution in [3.63, 3.8) is 0 Å². The fourth-order valence-electron chi connectivity index (χ4n) is 1.25. The van der Waals surface area contributed by atoms with Crippen LogP contribution in [0.4, 0.5) is 0 Å². The van der Waals surface area contributed by atoms with E-state index in [1.165, 1.54) is 0 Å². The molecule has 0 atom stereocenters. The second-order valence-electron chi connectivity index (χ2n) is 3.32. The summed E-state index contributed by atoms with van der Waals surface area (Å²) in [4.78, 5) is 18.9. The number of aryl methyl sites for hydroxylation is 1. The minimum absolute atomic E-state index is 0.575. The average molecular weight is 198 g/mol. The summed E-state index contributed by atoms with van der Waals surface area (Å²) in [6.07, 6.45) is 4.12. The maximum Gasteiger partial charge on any atom is 0.151 e. The molecule has 0 N–H and O–H groups in total. The summed E-state index contributed by atoms with van der Waals surface area (Å²) in [6, 6.07) is 7.42. The van der Waals surface area contributed by atoms with Crippen LogP contribution in [0.5, 0.6) is 0 Å². The Labute approximate surface area is 87.8 Å². The Morgan fingerprint density at radius 2 is 1.67 bits per heavy atom. The molecule has 3 heteroatoms. The summed E-state index contributed by atoms with van der Waals surface area (Å²) in [7, 11) is 0. The molecule has 2 rings (SSSR count). The number of rotatable bonds is 2. The van der Waals surface area contributed by atoms with Crippen LogP contribution in [0, 0.1) is 6.92 Å². The van der Waals surface area contributed by atoms with Crippen molar-refractivity contribution in [3.05, 3.63) is 47.8 Å². The Morgan fingerprint density at radius 1 is 1.00 bits per heavy atom. The molecule has 2 aromatic heterocycles. The standard InChI is InChI=1S/C12H10N2O/c1-9-2-4-11(13-6-9)12-5-3-10(8-15)7-14-12/h2-8H,1H3. The van der Waals surface area contributed by atoms with Gasteiger partial charge in [0, 0.05) is 18.0 Å². The molecule has 0 spiro atoms. The van der Waals surface area contributed by atoms with Gasteiger partial charge < -0.3 is 0 Å². The zero-order chi connectivity index (χ0) is 10.7. The van der Waals surface area contributed by atoms with Gasteiger partial charge in [-0.05, 0) is 30.7 Å². The fraction of sp³-hybridized carbons (Fsp3) is 0.0833. The van der Waals surface area contributed by atoms with Gasteiger partial charge in [0.15, 0.2) is 6.29 Å². The molecule has 0 aromatic carbocycles. The first kappa shape index (κ1) is 9.52. The molecule has 0 aliphatic carbocycles. The van der Waals surface area contributed by atoms with Crippen molar-refractivity contribution in [3.8, 4) is 11.4 Å². The van der Waals surface area contributed by atoms with E-state index in [0.29, 0.717) is 5.56 Å². The Balaban J connectivity index is 2.37. The molecule has 0 saturated carbocycles. The van der Waals surface area contributed by atoms with E-state index in [1.807, 2.05) is 19.1 Å². The smallest absolute Gasteiger partial charge is 0.151 e. The molecular weight excluding hydrogens is 188 g/mol. The molecule has 2 heterocycles. The van der Waals surface area contributed by atoms with Crippen LogP contribution < -0.4 is 0 Å². The van der Waals surface area contributed by atoms with Gasteiger partial charge >= 0.3 is 0 Å². The first-order valence-corrected chi connectivity index (χ1v) is 4.64. The molecule has 0 unspecified atom stereocenters. The van der Waals surface area contributed by atoms with Crippen LogP contribution in [-0.4, -0.2) is 16.3 Å². The summed E-state index contributed by atoms with van der Waals surface area (Å²) in [5.41, 5.74) is 3.28. The maximum absolute atomic E-state index is 10.4. The van der Waals surface area contributed by atoms with Crippen LogP contribution in [0.15, 0.2) is 36.7 Å². The van der Waals surface area contributed by atoms with E-state index in [1.54, 1.807) is 24.5 Å². The van der Waals surface area contributed by atoms with Gasteiger partial charge in [-0.1, -0.05) is 6.07 Å². The summed E-state index contributed by atoms with van der Waals surface area (Å²) in [5.74, 6) is 0.